The molecule has 1 N–H and O–H groups in total. The molecule has 2 aromatic rings. The molecule has 1 aliphatic rings. The minimum atomic E-state index is -0.849. The van der Waals surface area contributed by atoms with E-state index >= 15 is 0 Å². The summed E-state index contributed by atoms with van der Waals surface area (Å²) < 4.78 is 21.1. The topological polar surface area (TPSA) is 98.4 Å². The second kappa shape index (κ2) is 8.83. The number of benzene rings is 1. The highest BCUT2D eigenvalue weighted by molar-refractivity contribution is 6.46. The number of Topliss-reactive ketones (excluding diaryl/α,β-unsaturated/α-hetero) is 1. The number of hydrogen-bond acceptors (Lipinski definition) is 7. The molecule has 1 aromatic carbocycles. The van der Waals surface area contributed by atoms with Crippen LogP contribution < -0.4 is 9.47 Å². The van der Waals surface area contributed by atoms with Crippen LogP contribution in [0.4, 0.5) is 0 Å². The summed E-state index contributed by atoms with van der Waals surface area (Å²) in [7, 11) is 4.50. The molecule has 0 radical (unpaired) electrons. The van der Waals surface area contributed by atoms with E-state index in [-0.39, 0.29) is 23.4 Å². The van der Waals surface area contributed by atoms with Crippen LogP contribution in [-0.4, -0.2) is 56.2 Å². The lowest BCUT2D eigenvalue weighted by molar-refractivity contribution is -0.140. The molecule has 1 saturated heterocycles. The number of rotatable bonds is 8. The molecule has 1 aromatic heterocycles. The van der Waals surface area contributed by atoms with Gasteiger partial charge in [-0.25, -0.2) is 0 Å². The van der Waals surface area contributed by atoms with Crippen molar-refractivity contribution in [3.8, 4) is 11.5 Å². The number of ketones is 1. The average Bonchev–Trinajstić information content (AvgIpc) is 3.35. The van der Waals surface area contributed by atoms with E-state index in [2.05, 4.69) is 0 Å². The van der Waals surface area contributed by atoms with Gasteiger partial charge in [-0.3, -0.25) is 9.59 Å². The quantitative estimate of drug-likeness (QED) is 0.314. The summed E-state index contributed by atoms with van der Waals surface area (Å²) in [5.41, 5.74) is 0.187. The Morgan fingerprint density at radius 2 is 1.97 bits per heavy atom. The first kappa shape index (κ1) is 20.5. The molecule has 1 aliphatic heterocycles. The van der Waals surface area contributed by atoms with Crippen LogP contribution in [0.1, 0.15) is 23.8 Å². The van der Waals surface area contributed by atoms with Crippen LogP contribution in [0.15, 0.2) is 46.6 Å². The predicted molar refractivity (Wildman–Crippen MR) is 104 cm³/mol. The van der Waals surface area contributed by atoms with Crippen LogP contribution in [0.25, 0.3) is 5.76 Å². The monoisotopic (exact) mass is 401 g/mol. The van der Waals surface area contributed by atoms with Gasteiger partial charge in [-0.15, -0.1) is 0 Å². The Balaban J connectivity index is 2.14. The molecule has 29 heavy (non-hydrogen) atoms. The number of ether oxygens (including phenoxy) is 3. The van der Waals surface area contributed by atoms with E-state index in [9.17, 15) is 14.7 Å². The summed E-state index contributed by atoms with van der Waals surface area (Å²) >= 11 is 0. The lowest BCUT2D eigenvalue weighted by Crippen LogP contribution is -2.31. The molecule has 8 heteroatoms. The summed E-state index contributed by atoms with van der Waals surface area (Å²) in [5.74, 6) is -0.653. The number of methoxy groups -OCH3 is 3. The van der Waals surface area contributed by atoms with E-state index in [1.54, 1.807) is 37.4 Å². The fourth-order valence-corrected chi connectivity index (χ4v) is 3.38. The van der Waals surface area contributed by atoms with Gasteiger partial charge >= 0.3 is 0 Å². The molecule has 1 fully saturated rings. The number of carbonyl (C=O) groups excluding carboxylic acids is 2. The number of carbonyl (C=O) groups is 2. The third-order valence-electron chi connectivity index (χ3n) is 4.76. The van der Waals surface area contributed by atoms with E-state index in [0.29, 0.717) is 30.3 Å². The normalized spacial score (nSPS) is 18.3. The Labute approximate surface area is 168 Å². The standard InChI is InChI=1S/C21H23NO7/c1-26-10-5-9-22-18(16-6-4-11-29-16)17(20(24)21(22)25)19(23)14-12-13(27-2)7-8-15(14)28-3/h4,6-8,11-12,18,23H,5,9-10H2,1-3H3/b19-17-. The van der Waals surface area contributed by atoms with Gasteiger partial charge in [0.1, 0.15) is 29.1 Å². The van der Waals surface area contributed by atoms with Crippen molar-refractivity contribution in [1.29, 1.82) is 0 Å². The van der Waals surface area contributed by atoms with E-state index in [1.165, 1.54) is 25.4 Å². The van der Waals surface area contributed by atoms with E-state index < -0.39 is 17.7 Å². The van der Waals surface area contributed by atoms with Gasteiger partial charge in [0.25, 0.3) is 11.7 Å². The van der Waals surface area contributed by atoms with Gasteiger partial charge in [0.15, 0.2) is 0 Å². The van der Waals surface area contributed by atoms with Gasteiger partial charge in [-0.2, -0.15) is 0 Å². The molecule has 0 saturated carbocycles. The summed E-state index contributed by atoms with van der Waals surface area (Å²) in [6, 6.07) is 7.31. The number of hydrogen-bond donors (Lipinski definition) is 1. The number of aliphatic hydroxyl groups excluding tert-OH is 1. The Hall–Kier alpha value is -3.26. The highest BCUT2D eigenvalue weighted by atomic mass is 16.5. The maximum absolute atomic E-state index is 12.9. The van der Waals surface area contributed by atoms with Crippen molar-refractivity contribution in [2.24, 2.45) is 0 Å². The van der Waals surface area contributed by atoms with Crippen molar-refractivity contribution in [3.05, 3.63) is 53.5 Å². The zero-order valence-electron chi connectivity index (χ0n) is 16.5. The zero-order chi connectivity index (χ0) is 21.0. The van der Waals surface area contributed by atoms with Crippen molar-refractivity contribution in [2.45, 2.75) is 12.5 Å². The SMILES string of the molecule is COCCCN1C(=O)C(=O)/C(=C(\O)c2cc(OC)ccc2OC)C1c1ccco1. The van der Waals surface area contributed by atoms with Crippen LogP contribution >= 0.6 is 0 Å². The Morgan fingerprint density at radius 3 is 2.59 bits per heavy atom. The molecule has 1 unspecified atom stereocenters. The smallest absolute Gasteiger partial charge is 0.295 e. The third kappa shape index (κ3) is 3.84. The van der Waals surface area contributed by atoms with Crippen LogP contribution in [0.3, 0.4) is 0 Å². The number of nitrogens with zero attached hydrogens (tertiary/aromatic N) is 1. The van der Waals surface area contributed by atoms with Crippen LogP contribution in [0.5, 0.6) is 11.5 Å². The van der Waals surface area contributed by atoms with Crippen LogP contribution in [0, 0.1) is 0 Å². The van der Waals surface area contributed by atoms with E-state index in [0.717, 1.165) is 0 Å². The van der Waals surface area contributed by atoms with Crippen molar-refractivity contribution in [2.75, 3.05) is 34.5 Å². The molecular formula is C21H23NO7. The Kier molecular flexibility index (Phi) is 6.23. The maximum atomic E-state index is 12.9. The molecule has 2 heterocycles. The fourth-order valence-electron chi connectivity index (χ4n) is 3.38. The van der Waals surface area contributed by atoms with Crippen LogP contribution in [-0.2, 0) is 14.3 Å². The molecular weight excluding hydrogens is 378 g/mol. The van der Waals surface area contributed by atoms with Gasteiger partial charge in [-0.05, 0) is 36.8 Å². The lowest BCUT2D eigenvalue weighted by Gasteiger charge is -2.23. The Morgan fingerprint density at radius 1 is 1.17 bits per heavy atom. The average molecular weight is 401 g/mol. The van der Waals surface area contributed by atoms with Gasteiger partial charge in [0.2, 0.25) is 0 Å². The largest absolute Gasteiger partial charge is 0.507 e. The summed E-state index contributed by atoms with van der Waals surface area (Å²) in [5, 5.41) is 11.1. The van der Waals surface area contributed by atoms with Crippen molar-refractivity contribution in [3.63, 3.8) is 0 Å². The maximum Gasteiger partial charge on any atom is 0.295 e. The number of aliphatic hydroxyl groups is 1. The van der Waals surface area contributed by atoms with Gasteiger partial charge in [-0.1, -0.05) is 0 Å². The van der Waals surface area contributed by atoms with Gasteiger partial charge in [0.05, 0.1) is 31.6 Å². The highest BCUT2D eigenvalue weighted by Crippen LogP contribution is 2.41. The lowest BCUT2D eigenvalue weighted by atomic mass is 9.98. The summed E-state index contributed by atoms with van der Waals surface area (Å²) in [6.07, 6.45) is 1.99. The third-order valence-corrected chi connectivity index (χ3v) is 4.76. The summed E-state index contributed by atoms with van der Waals surface area (Å²) in [6.45, 7) is 0.702. The van der Waals surface area contributed by atoms with Crippen molar-refractivity contribution in [1.82, 2.24) is 4.90 Å². The minimum Gasteiger partial charge on any atom is -0.507 e. The van der Waals surface area contributed by atoms with Gasteiger partial charge < -0.3 is 28.6 Å². The van der Waals surface area contributed by atoms with Gasteiger partial charge in [0, 0.05) is 20.3 Å². The first-order valence-electron chi connectivity index (χ1n) is 9.06. The minimum absolute atomic E-state index is 0.0612. The molecule has 0 spiro atoms. The summed E-state index contributed by atoms with van der Waals surface area (Å²) in [4.78, 5) is 27.0. The second-order valence-corrected chi connectivity index (χ2v) is 6.42. The molecule has 0 bridgehead atoms. The molecule has 8 nitrogen and oxygen atoms in total. The molecule has 154 valence electrons. The molecule has 1 amide bonds. The molecule has 1 atom stereocenters. The number of amides is 1. The second-order valence-electron chi connectivity index (χ2n) is 6.42. The van der Waals surface area contributed by atoms with Crippen molar-refractivity contribution < 1.29 is 33.3 Å². The Bertz CT molecular complexity index is 917. The first-order valence-corrected chi connectivity index (χ1v) is 9.06. The van der Waals surface area contributed by atoms with Crippen LogP contribution in [0.2, 0.25) is 0 Å². The van der Waals surface area contributed by atoms with E-state index in [1.807, 2.05) is 0 Å². The van der Waals surface area contributed by atoms with Crippen molar-refractivity contribution >= 4 is 17.4 Å². The number of likely N-dealkylation sites (tertiary alicyclic amines) is 1. The fraction of sp³-hybridized carbons (Fsp3) is 0.333. The zero-order valence-corrected chi connectivity index (χ0v) is 16.5. The first-order chi connectivity index (χ1) is 14.0. The highest BCUT2D eigenvalue weighted by Gasteiger charge is 2.47. The molecule has 0 aliphatic carbocycles. The van der Waals surface area contributed by atoms with E-state index in [4.69, 9.17) is 18.6 Å². The predicted octanol–water partition coefficient (Wildman–Crippen LogP) is 2.76. The number of furan rings is 1. The molecule has 3 rings (SSSR count).